The minimum absolute atomic E-state index is 0.0134. The summed E-state index contributed by atoms with van der Waals surface area (Å²) in [5.74, 6) is -0.208. The fraction of sp³-hybridized carbons (Fsp3) is 0.636. The zero-order valence-corrected chi connectivity index (χ0v) is 9.35. The van der Waals surface area contributed by atoms with Crippen LogP contribution in [0.2, 0.25) is 0 Å². The van der Waals surface area contributed by atoms with Crippen molar-refractivity contribution in [1.82, 2.24) is 9.78 Å². The van der Waals surface area contributed by atoms with E-state index in [1.54, 1.807) is 0 Å². The number of aromatic nitrogens is 2. The van der Waals surface area contributed by atoms with E-state index in [0.29, 0.717) is 0 Å². The second kappa shape index (κ2) is 4.55. The molecule has 0 atom stereocenters. The van der Waals surface area contributed by atoms with Gasteiger partial charge in [-0.2, -0.15) is 5.10 Å². The van der Waals surface area contributed by atoms with Crippen LogP contribution >= 0.6 is 0 Å². The van der Waals surface area contributed by atoms with Gasteiger partial charge in [-0.05, 0) is 12.8 Å². The molecule has 5 heteroatoms. The Kier molecular flexibility index (Phi) is 3.12. The van der Waals surface area contributed by atoms with Gasteiger partial charge < -0.3 is 9.84 Å². The van der Waals surface area contributed by atoms with Crippen molar-refractivity contribution >= 4 is 0 Å². The highest BCUT2D eigenvalue weighted by atomic mass is 16.5. The topological polar surface area (TPSA) is 64.3 Å². The number of hydrogen-bond acceptors (Lipinski definition) is 4. The summed E-state index contributed by atoms with van der Waals surface area (Å²) in [6, 6.07) is 0.149. The van der Waals surface area contributed by atoms with Crippen molar-refractivity contribution in [3.63, 3.8) is 0 Å². The van der Waals surface area contributed by atoms with Gasteiger partial charge in [0.05, 0.1) is 19.3 Å². The van der Waals surface area contributed by atoms with Crippen LogP contribution < -0.4 is 10.3 Å². The van der Waals surface area contributed by atoms with Crippen molar-refractivity contribution in [2.24, 2.45) is 0 Å². The molecule has 1 aromatic rings. The van der Waals surface area contributed by atoms with Crippen molar-refractivity contribution < 1.29 is 9.84 Å². The molecule has 0 bridgehead atoms. The summed E-state index contributed by atoms with van der Waals surface area (Å²) in [7, 11) is 1.38. The van der Waals surface area contributed by atoms with Crippen LogP contribution in [0.3, 0.4) is 0 Å². The van der Waals surface area contributed by atoms with Gasteiger partial charge in [-0.25, -0.2) is 4.68 Å². The SMILES string of the molecule is COc1c(O)cnn(C2CCCCC2)c1=O. The van der Waals surface area contributed by atoms with Gasteiger partial charge in [0.1, 0.15) is 0 Å². The van der Waals surface area contributed by atoms with Crippen molar-refractivity contribution in [3.05, 3.63) is 16.6 Å². The van der Waals surface area contributed by atoms with E-state index in [9.17, 15) is 9.90 Å². The van der Waals surface area contributed by atoms with Crippen molar-refractivity contribution in [1.29, 1.82) is 0 Å². The number of hydrogen-bond donors (Lipinski definition) is 1. The highest BCUT2D eigenvalue weighted by Gasteiger charge is 2.20. The Morgan fingerprint density at radius 2 is 2.12 bits per heavy atom. The predicted molar refractivity (Wildman–Crippen MR) is 58.8 cm³/mol. The predicted octanol–water partition coefficient (Wildman–Crippen LogP) is 1.46. The molecule has 0 amide bonds. The van der Waals surface area contributed by atoms with Gasteiger partial charge in [-0.1, -0.05) is 19.3 Å². The summed E-state index contributed by atoms with van der Waals surface area (Å²) in [6.45, 7) is 0. The number of ether oxygens (including phenoxy) is 1. The molecule has 1 N–H and O–H groups in total. The normalized spacial score (nSPS) is 17.3. The Balaban J connectivity index is 2.37. The maximum absolute atomic E-state index is 11.9. The lowest BCUT2D eigenvalue weighted by molar-refractivity contribution is 0.298. The second-order valence-corrected chi connectivity index (χ2v) is 4.10. The molecule has 5 nitrogen and oxygen atoms in total. The van der Waals surface area contributed by atoms with Crippen LogP contribution in [-0.4, -0.2) is 22.0 Å². The molecule has 1 fully saturated rings. The maximum Gasteiger partial charge on any atom is 0.313 e. The van der Waals surface area contributed by atoms with E-state index in [1.807, 2.05) is 0 Å². The molecule has 1 aliphatic carbocycles. The van der Waals surface area contributed by atoms with Crippen LogP contribution in [0.5, 0.6) is 11.5 Å². The third-order valence-electron chi connectivity index (χ3n) is 3.06. The van der Waals surface area contributed by atoms with E-state index in [0.717, 1.165) is 25.7 Å². The minimum Gasteiger partial charge on any atom is -0.503 e. The molecule has 1 heterocycles. The molecular weight excluding hydrogens is 208 g/mol. The fourth-order valence-corrected chi connectivity index (χ4v) is 2.22. The summed E-state index contributed by atoms with van der Waals surface area (Å²) < 4.78 is 6.33. The average molecular weight is 224 g/mol. The molecule has 0 spiro atoms. The zero-order valence-electron chi connectivity index (χ0n) is 9.35. The van der Waals surface area contributed by atoms with Crippen LogP contribution in [0.15, 0.2) is 11.0 Å². The highest BCUT2D eigenvalue weighted by Crippen LogP contribution is 2.27. The van der Waals surface area contributed by atoms with Gasteiger partial charge in [-0.3, -0.25) is 4.79 Å². The molecule has 2 rings (SSSR count). The molecule has 0 aliphatic heterocycles. The van der Waals surface area contributed by atoms with Gasteiger partial charge in [-0.15, -0.1) is 0 Å². The molecule has 0 radical (unpaired) electrons. The summed E-state index contributed by atoms with van der Waals surface area (Å²) in [5, 5.41) is 13.4. The van der Waals surface area contributed by atoms with Crippen molar-refractivity contribution in [3.8, 4) is 11.5 Å². The highest BCUT2D eigenvalue weighted by molar-refractivity contribution is 5.33. The Labute approximate surface area is 93.7 Å². The molecule has 0 aromatic carbocycles. The van der Waals surface area contributed by atoms with E-state index < -0.39 is 0 Å². The molecular formula is C11H16N2O3. The van der Waals surface area contributed by atoms with Crippen LogP contribution in [0, 0.1) is 0 Å². The monoisotopic (exact) mass is 224 g/mol. The zero-order chi connectivity index (χ0) is 11.5. The summed E-state index contributed by atoms with van der Waals surface area (Å²) in [6.07, 6.45) is 6.70. The molecule has 16 heavy (non-hydrogen) atoms. The third-order valence-corrected chi connectivity index (χ3v) is 3.06. The first-order valence-corrected chi connectivity index (χ1v) is 5.59. The van der Waals surface area contributed by atoms with Crippen LogP contribution in [0.4, 0.5) is 0 Å². The first-order valence-electron chi connectivity index (χ1n) is 5.59. The van der Waals surface area contributed by atoms with Gasteiger partial charge in [0.25, 0.3) is 0 Å². The van der Waals surface area contributed by atoms with Crippen LogP contribution in [-0.2, 0) is 0 Å². The molecule has 1 saturated carbocycles. The first-order chi connectivity index (χ1) is 7.74. The first kappa shape index (κ1) is 11.0. The van der Waals surface area contributed by atoms with E-state index in [-0.39, 0.29) is 23.1 Å². The van der Waals surface area contributed by atoms with Crippen molar-refractivity contribution in [2.75, 3.05) is 7.11 Å². The smallest absolute Gasteiger partial charge is 0.313 e. The Morgan fingerprint density at radius 1 is 1.44 bits per heavy atom. The van der Waals surface area contributed by atoms with E-state index >= 15 is 0 Å². The molecule has 0 unspecified atom stereocenters. The third kappa shape index (κ3) is 1.89. The fourth-order valence-electron chi connectivity index (χ4n) is 2.22. The van der Waals surface area contributed by atoms with Crippen LogP contribution in [0.1, 0.15) is 38.1 Å². The number of aromatic hydroxyl groups is 1. The number of methoxy groups -OCH3 is 1. The summed E-state index contributed by atoms with van der Waals surface area (Å²) in [5.41, 5.74) is -0.339. The van der Waals surface area contributed by atoms with Gasteiger partial charge >= 0.3 is 5.56 Å². The molecule has 1 aliphatic rings. The second-order valence-electron chi connectivity index (χ2n) is 4.10. The minimum atomic E-state index is -0.339. The lowest BCUT2D eigenvalue weighted by Gasteiger charge is -2.22. The Morgan fingerprint density at radius 3 is 2.75 bits per heavy atom. The molecule has 88 valence electrons. The van der Waals surface area contributed by atoms with E-state index in [2.05, 4.69) is 5.10 Å². The maximum atomic E-state index is 11.9. The lowest BCUT2D eigenvalue weighted by atomic mass is 9.96. The van der Waals surface area contributed by atoms with E-state index in [4.69, 9.17) is 4.74 Å². The Bertz CT molecular complexity index is 422. The van der Waals surface area contributed by atoms with E-state index in [1.165, 1.54) is 24.4 Å². The van der Waals surface area contributed by atoms with Crippen LogP contribution in [0.25, 0.3) is 0 Å². The quantitative estimate of drug-likeness (QED) is 0.826. The van der Waals surface area contributed by atoms with Gasteiger partial charge in [0.2, 0.25) is 5.75 Å². The Hall–Kier alpha value is -1.52. The largest absolute Gasteiger partial charge is 0.503 e. The number of rotatable bonds is 2. The summed E-state index contributed by atoms with van der Waals surface area (Å²) >= 11 is 0. The summed E-state index contributed by atoms with van der Waals surface area (Å²) in [4.78, 5) is 11.9. The molecule has 0 saturated heterocycles. The van der Waals surface area contributed by atoms with Crippen molar-refractivity contribution in [2.45, 2.75) is 38.1 Å². The number of nitrogens with zero attached hydrogens (tertiary/aromatic N) is 2. The van der Waals surface area contributed by atoms with Gasteiger partial charge in [0, 0.05) is 0 Å². The van der Waals surface area contributed by atoms with Gasteiger partial charge in [0.15, 0.2) is 5.75 Å². The standard InChI is InChI=1S/C11H16N2O3/c1-16-10-9(14)7-12-13(11(10)15)8-5-3-2-4-6-8/h7-8,14H,2-6H2,1H3. The average Bonchev–Trinajstić information content (AvgIpc) is 2.31. The molecule has 1 aromatic heterocycles. The lowest BCUT2D eigenvalue weighted by Crippen LogP contribution is -2.29.